The molecule has 37 heavy (non-hydrogen) atoms. The molecule has 8 N–H and O–H groups in total. The molecule has 3 fully saturated rings. The zero-order chi connectivity index (χ0) is 25.3. The number of cyclic esters (lactones) is 4. The molecule has 11 nitrogen and oxygen atoms in total. The summed E-state index contributed by atoms with van der Waals surface area (Å²) in [5.74, 6) is -3.92. The Kier molecular flexibility index (Phi) is 47.7. The van der Waals surface area contributed by atoms with E-state index in [-0.39, 0.29) is 112 Å². The van der Waals surface area contributed by atoms with Gasteiger partial charge in [-0.2, -0.15) is 0 Å². The predicted octanol–water partition coefficient (Wildman–Crippen LogP) is -0.606. The van der Waals surface area contributed by atoms with E-state index in [9.17, 15) is 19.2 Å². The minimum atomic E-state index is -0.694. The molecule has 3 aliphatic rings. The van der Waals surface area contributed by atoms with E-state index < -0.39 is 47.5 Å². The molecule has 212 valence electrons. The average Bonchev–Trinajstić information content (AvgIpc) is 3.21. The second-order valence-electron chi connectivity index (χ2n) is 5.89. The minimum absolute atomic E-state index is 0. The van der Waals surface area contributed by atoms with E-state index in [1.165, 1.54) is 28.2 Å². The van der Waals surface area contributed by atoms with E-state index in [0.717, 1.165) is 5.75 Å². The number of ether oxygens (including phenoxy) is 3. The smallest absolute Gasteiger partial charge is 0.317 e. The fourth-order valence-corrected chi connectivity index (χ4v) is 3.49. The summed E-state index contributed by atoms with van der Waals surface area (Å²) in [5, 5.41) is 0. The molecule has 1 aromatic rings. The molecular weight excluding hydrogens is 1340 g/mol. The van der Waals surface area contributed by atoms with Crippen molar-refractivity contribution in [3.05, 3.63) is 30.3 Å². The summed E-state index contributed by atoms with van der Waals surface area (Å²) in [6.07, 6.45) is 0.315. The van der Waals surface area contributed by atoms with Crippen molar-refractivity contribution in [2.75, 3.05) is 35.3 Å². The van der Waals surface area contributed by atoms with Gasteiger partial charge >= 0.3 is 23.9 Å². The first-order chi connectivity index (χ1) is 15.5. The van der Waals surface area contributed by atoms with Crippen molar-refractivity contribution in [1.82, 2.24) is 0 Å². The monoisotopic (exact) mass is 1380 g/mol. The number of fused-ring (bicyclic) bond motifs is 5. The summed E-state index contributed by atoms with van der Waals surface area (Å²) in [5.41, 5.74) is 18.0. The normalized spacial score (nSPS) is 20.5. The second-order valence-corrected chi connectivity index (χ2v) is 5.89. The second kappa shape index (κ2) is 32.8. The van der Waals surface area contributed by atoms with Gasteiger partial charge in [0.25, 0.3) is 0 Å². The number of rotatable bonds is 1. The van der Waals surface area contributed by atoms with Gasteiger partial charge in [0.05, 0.1) is 31.3 Å². The van der Waals surface area contributed by atoms with E-state index in [1.54, 1.807) is 7.11 Å². The fourth-order valence-electron chi connectivity index (χ4n) is 3.49. The van der Waals surface area contributed by atoms with E-state index >= 15 is 0 Å². The number of para-hydroxylation sites is 1. The minimum Gasteiger partial charge on any atom is -0.497 e. The Balaban J connectivity index is -0.0000000748. The fraction of sp³-hybridized carbons (Fsp3) is 0.524. The van der Waals surface area contributed by atoms with Crippen LogP contribution in [0, 0.1) is 23.7 Å². The van der Waals surface area contributed by atoms with Crippen LogP contribution in [0.4, 0.5) is 0 Å². The van der Waals surface area contributed by atoms with Gasteiger partial charge in [0.1, 0.15) is 5.75 Å². The quantitative estimate of drug-likeness (QED) is 0.207. The predicted molar refractivity (Wildman–Crippen MR) is 119 cm³/mol. The molecule has 0 aromatic heterocycles. The number of carbonyl (C=O) groups excluding carboxylic acids is 4. The molecule has 16 heteroatoms. The van der Waals surface area contributed by atoms with Crippen molar-refractivity contribution in [3.63, 3.8) is 0 Å². The molecule has 2 heterocycles. The molecule has 0 spiro atoms. The Bertz CT molecular complexity index is 722. The number of esters is 4. The molecule has 4 rings (SSSR count). The van der Waals surface area contributed by atoms with Gasteiger partial charge in [0.15, 0.2) is 0 Å². The first kappa shape index (κ1) is 53.8. The molecular formula is C21H36N4O7W5. The van der Waals surface area contributed by atoms with Crippen LogP contribution in [-0.4, -0.2) is 59.2 Å². The van der Waals surface area contributed by atoms with E-state index in [2.05, 4.69) is 32.4 Å². The van der Waals surface area contributed by atoms with Crippen molar-refractivity contribution in [3.8, 4) is 5.75 Å². The van der Waals surface area contributed by atoms with Gasteiger partial charge < -0.3 is 37.1 Å². The molecule has 4 unspecified atom stereocenters. The maximum absolute atomic E-state index is 11.5. The van der Waals surface area contributed by atoms with Crippen LogP contribution in [0.5, 0.6) is 5.75 Å². The largest absolute Gasteiger partial charge is 0.497 e. The average molecular weight is 1380 g/mol. The van der Waals surface area contributed by atoms with Crippen LogP contribution < -0.4 is 27.7 Å². The standard InChI is InChI=1S/C10H8O6.C7H8O.4CH5N.5W/c11-6-2-3-4-1-5(7(3)10(14)15-6)9(13)16-8(4)12;1-8-7-5-3-2-4-6-7;4*1-2;;;;;/h3-5,7H,1-2H2;2-6H,1H3;4*2H2,1H3;;;;;. The van der Waals surface area contributed by atoms with Crippen molar-refractivity contribution >= 4 is 23.9 Å². The summed E-state index contributed by atoms with van der Waals surface area (Å²) in [4.78, 5) is 45.5. The van der Waals surface area contributed by atoms with Crippen LogP contribution >= 0.6 is 0 Å². The number of methoxy groups -OCH3 is 1. The van der Waals surface area contributed by atoms with Gasteiger partial charge in [-0.1, -0.05) is 18.2 Å². The molecule has 0 radical (unpaired) electrons. The van der Waals surface area contributed by atoms with Crippen LogP contribution in [0.15, 0.2) is 30.3 Å². The summed E-state index contributed by atoms with van der Waals surface area (Å²) in [7, 11) is 7.66. The summed E-state index contributed by atoms with van der Waals surface area (Å²) in [6.45, 7) is 0. The zero-order valence-corrected chi connectivity index (χ0v) is 36.0. The van der Waals surface area contributed by atoms with Gasteiger partial charge in [-0.15, -0.1) is 0 Å². The molecule has 2 aliphatic heterocycles. The van der Waals surface area contributed by atoms with Crippen molar-refractivity contribution < 1.29 is 139 Å². The van der Waals surface area contributed by atoms with Crippen LogP contribution in [0.3, 0.4) is 0 Å². The molecule has 2 bridgehead atoms. The third kappa shape index (κ3) is 17.1. The van der Waals surface area contributed by atoms with E-state index in [1.807, 2.05) is 30.3 Å². The van der Waals surface area contributed by atoms with E-state index in [4.69, 9.17) is 4.74 Å². The first-order valence-corrected chi connectivity index (χ1v) is 9.91. The van der Waals surface area contributed by atoms with Gasteiger partial charge in [0.2, 0.25) is 0 Å². The molecule has 4 atom stereocenters. The van der Waals surface area contributed by atoms with Crippen molar-refractivity contribution in [1.29, 1.82) is 0 Å². The Morgan fingerprint density at radius 2 is 1.11 bits per heavy atom. The van der Waals surface area contributed by atoms with Gasteiger partial charge in [-0.05, 0) is 52.7 Å². The summed E-state index contributed by atoms with van der Waals surface area (Å²) < 4.78 is 14.0. The third-order valence-electron chi connectivity index (χ3n) is 4.59. The SMILES string of the molecule is CN.CN.CN.CN.COc1ccccc1.O=C1CC2C3CC(C(=O)OC3=O)C2C(=O)O1.[W].[W].[W].[W].[W]. The van der Waals surface area contributed by atoms with Crippen LogP contribution in [0.1, 0.15) is 12.8 Å². The number of nitrogens with two attached hydrogens (primary N) is 4. The Morgan fingerprint density at radius 1 is 0.676 bits per heavy atom. The van der Waals surface area contributed by atoms with Crippen molar-refractivity contribution in [2.45, 2.75) is 12.8 Å². The first-order valence-electron chi connectivity index (χ1n) is 9.91. The molecule has 2 saturated heterocycles. The number of hydrogen-bond donors (Lipinski definition) is 4. The van der Waals surface area contributed by atoms with Gasteiger partial charge in [-0.25, -0.2) is 0 Å². The zero-order valence-electron chi connectivity index (χ0n) is 21.3. The molecule has 1 aliphatic carbocycles. The Hall–Kier alpha value is 0.582. The van der Waals surface area contributed by atoms with Crippen LogP contribution in [0.2, 0.25) is 0 Å². The Morgan fingerprint density at radius 3 is 1.51 bits per heavy atom. The topological polar surface area (TPSA) is 200 Å². The summed E-state index contributed by atoms with van der Waals surface area (Å²) in [6, 6.07) is 9.68. The van der Waals surface area contributed by atoms with Gasteiger partial charge in [-0.3, -0.25) is 19.2 Å². The molecule has 1 aromatic carbocycles. The maximum Gasteiger partial charge on any atom is 0.317 e. The van der Waals surface area contributed by atoms with Crippen LogP contribution in [0.25, 0.3) is 0 Å². The molecule has 1 saturated carbocycles. The van der Waals surface area contributed by atoms with E-state index in [0.29, 0.717) is 6.42 Å². The summed E-state index contributed by atoms with van der Waals surface area (Å²) >= 11 is 0. The van der Waals surface area contributed by atoms with Gasteiger partial charge in [0, 0.05) is 105 Å². The number of benzene rings is 1. The molecule has 0 amide bonds. The van der Waals surface area contributed by atoms with Crippen LogP contribution in [-0.2, 0) is 134 Å². The Labute approximate surface area is 290 Å². The number of hydrogen-bond acceptors (Lipinski definition) is 11. The number of carbonyl (C=O) groups is 4. The van der Waals surface area contributed by atoms with Crippen molar-refractivity contribution in [2.24, 2.45) is 46.6 Å². The maximum atomic E-state index is 11.5. The third-order valence-corrected chi connectivity index (χ3v) is 4.59.